The van der Waals surface area contributed by atoms with Gasteiger partial charge in [0.25, 0.3) is 0 Å². The highest BCUT2D eigenvalue weighted by Crippen LogP contribution is 2.42. The van der Waals surface area contributed by atoms with Gasteiger partial charge in [0.2, 0.25) is 0 Å². The van der Waals surface area contributed by atoms with E-state index in [0.29, 0.717) is 17.5 Å². The monoisotopic (exact) mass is 487 g/mol. The van der Waals surface area contributed by atoms with E-state index in [9.17, 15) is 23.8 Å². The van der Waals surface area contributed by atoms with Crippen LogP contribution in [-0.2, 0) is 0 Å². The molecule has 0 aliphatic heterocycles. The Bertz CT molecular complexity index is 964. The average Bonchev–Trinajstić information content (AvgIpc) is 2.88. The number of hydrogen-bond acceptors (Lipinski definition) is 4. The van der Waals surface area contributed by atoms with Crippen LogP contribution >= 0.6 is 0 Å². The maximum atomic E-state index is 13.3. The van der Waals surface area contributed by atoms with Crippen molar-refractivity contribution in [2.45, 2.75) is 82.7 Å². The molecule has 2 aliphatic rings. The zero-order valence-electron chi connectivity index (χ0n) is 20.1. The highest BCUT2D eigenvalue weighted by Gasteiger charge is 2.24. The summed E-state index contributed by atoms with van der Waals surface area (Å²) in [5.74, 6) is -0.500. The molecule has 2 aromatic rings. The number of carboxylic acids is 1. The summed E-state index contributed by atoms with van der Waals surface area (Å²) in [6.07, 6.45) is 11.9. The van der Waals surface area contributed by atoms with Crippen LogP contribution in [-0.4, -0.2) is 35.9 Å². The van der Waals surface area contributed by atoms with Crippen LogP contribution in [0.2, 0.25) is 0 Å². The first kappa shape index (κ1) is 25.4. The van der Waals surface area contributed by atoms with Crippen LogP contribution in [0.4, 0.5) is 20.2 Å². The van der Waals surface area contributed by atoms with E-state index in [-0.39, 0.29) is 24.5 Å². The van der Waals surface area contributed by atoms with E-state index in [2.05, 4.69) is 18.2 Å². The zero-order chi connectivity index (χ0) is 24.8. The lowest BCUT2D eigenvalue weighted by Crippen LogP contribution is -2.23. The number of aromatic carboxylic acids is 1. The number of halogens is 2. The van der Waals surface area contributed by atoms with Crippen molar-refractivity contribution in [1.29, 1.82) is 0 Å². The van der Waals surface area contributed by atoms with E-state index < -0.39 is 12.6 Å². The highest BCUT2D eigenvalue weighted by molar-refractivity contribution is 5.89. The molecule has 0 radical (unpaired) electrons. The maximum Gasteiger partial charge on any atom is 0.387 e. The average molecular weight is 488 g/mol. The predicted molar refractivity (Wildman–Crippen MR) is 132 cm³/mol. The van der Waals surface area contributed by atoms with Crippen LogP contribution in [0.15, 0.2) is 36.4 Å². The number of alkyl halides is 2. The van der Waals surface area contributed by atoms with Crippen LogP contribution < -0.4 is 9.64 Å². The molecule has 2 N–H and O–H groups in total. The van der Waals surface area contributed by atoms with Crippen molar-refractivity contribution < 1.29 is 28.5 Å². The van der Waals surface area contributed by atoms with Crippen LogP contribution in [0.3, 0.4) is 0 Å². The second-order valence-electron chi connectivity index (χ2n) is 9.77. The topological polar surface area (TPSA) is 70.0 Å². The number of ether oxygens (including phenoxy) is 1. The number of rotatable bonds is 9. The number of nitrogens with zero attached hydrogens (tertiary/aromatic N) is 1. The quantitative estimate of drug-likeness (QED) is 0.391. The molecule has 4 rings (SSSR count). The molecule has 7 heteroatoms. The molecular weight excluding hydrogens is 452 g/mol. The lowest BCUT2D eigenvalue weighted by Gasteiger charge is -2.31. The number of benzene rings is 2. The summed E-state index contributed by atoms with van der Waals surface area (Å²) in [6, 6.07) is 10.6. The summed E-state index contributed by atoms with van der Waals surface area (Å²) in [7, 11) is 0. The van der Waals surface area contributed by atoms with Crippen molar-refractivity contribution in [2.24, 2.45) is 0 Å². The van der Waals surface area contributed by atoms with Gasteiger partial charge in [0.15, 0.2) is 5.75 Å². The fraction of sp³-hybridized carbons (Fsp3) is 0.536. The van der Waals surface area contributed by atoms with Crippen LogP contribution in [0, 0.1) is 0 Å². The lowest BCUT2D eigenvalue weighted by atomic mass is 9.79. The van der Waals surface area contributed by atoms with E-state index in [0.717, 1.165) is 37.4 Å². The Hall–Kier alpha value is -2.67. The van der Waals surface area contributed by atoms with Crippen molar-refractivity contribution in [1.82, 2.24) is 0 Å². The van der Waals surface area contributed by atoms with Gasteiger partial charge in [-0.15, -0.1) is 0 Å². The van der Waals surface area contributed by atoms with Crippen molar-refractivity contribution in [2.75, 3.05) is 18.1 Å². The van der Waals surface area contributed by atoms with E-state index in [1.807, 2.05) is 0 Å². The van der Waals surface area contributed by atoms with Crippen molar-refractivity contribution in [3.63, 3.8) is 0 Å². The summed E-state index contributed by atoms with van der Waals surface area (Å²) >= 11 is 0. The summed E-state index contributed by atoms with van der Waals surface area (Å²) in [5, 5.41) is 19.2. The smallest absolute Gasteiger partial charge is 0.387 e. The highest BCUT2D eigenvalue weighted by atomic mass is 19.3. The minimum absolute atomic E-state index is 0.132. The van der Waals surface area contributed by atoms with Gasteiger partial charge in [0.05, 0.1) is 17.9 Å². The van der Waals surface area contributed by atoms with Gasteiger partial charge < -0.3 is 19.8 Å². The summed E-state index contributed by atoms with van der Waals surface area (Å²) < 4.78 is 31.3. The number of carboxylic acid groups (broad SMARTS) is 1. The molecule has 0 saturated heterocycles. The van der Waals surface area contributed by atoms with Gasteiger partial charge >= 0.3 is 12.6 Å². The minimum Gasteiger partial charge on any atom is -0.478 e. The van der Waals surface area contributed by atoms with Crippen molar-refractivity contribution in [3.05, 3.63) is 53.1 Å². The van der Waals surface area contributed by atoms with Gasteiger partial charge in [0, 0.05) is 12.2 Å². The first-order chi connectivity index (χ1) is 17.0. The minimum atomic E-state index is -3.10. The molecule has 0 bridgehead atoms. The molecule has 35 heavy (non-hydrogen) atoms. The standard InChI is InChI=1S/C28H35F2NO4/c29-28(30)35-26-18-21(27(33)34)11-12-25(26)31(13-14-32)24-16-22(19-7-3-1-4-8-19)15-23(17-24)20-9-5-2-6-10-20/h11-12,15-20,28,32H,1-10,13-14H2,(H,33,34). The SMILES string of the molecule is O=C(O)c1ccc(N(CCO)c2cc(C3CCCCC3)cc(C3CCCCC3)c2)c(OC(F)F)c1. The van der Waals surface area contributed by atoms with E-state index >= 15 is 0 Å². The Labute approximate surface area is 205 Å². The fourth-order valence-corrected chi connectivity index (χ4v) is 5.71. The first-order valence-corrected chi connectivity index (χ1v) is 12.8. The molecule has 0 amide bonds. The molecule has 5 nitrogen and oxygen atoms in total. The number of aliphatic hydroxyl groups is 1. The van der Waals surface area contributed by atoms with E-state index in [4.69, 9.17) is 4.74 Å². The van der Waals surface area contributed by atoms with Crippen LogP contribution in [0.5, 0.6) is 5.75 Å². The van der Waals surface area contributed by atoms with Crippen LogP contribution in [0.1, 0.15) is 97.5 Å². The second-order valence-corrected chi connectivity index (χ2v) is 9.77. The van der Waals surface area contributed by atoms with Gasteiger partial charge in [-0.25, -0.2) is 4.79 Å². The van der Waals surface area contributed by atoms with Gasteiger partial charge in [0.1, 0.15) is 0 Å². The van der Waals surface area contributed by atoms with Gasteiger partial charge in [-0.1, -0.05) is 44.6 Å². The van der Waals surface area contributed by atoms with Gasteiger partial charge in [-0.3, -0.25) is 0 Å². The third kappa shape index (κ3) is 6.31. The molecular formula is C28H35F2NO4. The molecule has 2 saturated carbocycles. The van der Waals surface area contributed by atoms with Gasteiger partial charge in [-0.05, 0) is 79.0 Å². The first-order valence-electron chi connectivity index (χ1n) is 12.8. The van der Waals surface area contributed by atoms with E-state index in [1.165, 1.54) is 61.8 Å². The number of anilines is 2. The third-order valence-corrected chi connectivity index (χ3v) is 7.46. The van der Waals surface area contributed by atoms with Crippen molar-refractivity contribution >= 4 is 17.3 Å². The summed E-state index contributed by atoms with van der Waals surface area (Å²) in [5.41, 5.74) is 3.55. The number of aliphatic hydroxyl groups excluding tert-OH is 1. The normalized spacial score (nSPS) is 17.5. The Balaban J connectivity index is 1.80. The molecule has 190 valence electrons. The molecule has 0 atom stereocenters. The molecule has 2 fully saturated rings. The summed E-state index contributed by atoms with van der Waals surface area (Å²) in [6.45, 7) is -3.12. The largest absolute Gasteiger partial charge is 0.478 e. The lowest BCUT2D eigenvalue weighted by molar-refractivity contribution is -0.0495. The Morgan fingerprint density at radius 2 is 1.49 bits per heavy atom. The van der Waals surface area contributed by atoms with Crippen LogP contribution in [0.25, 0.3) is 0 Å². The molecule has 2 aliphatic carbocycles. The Morgan fingerprint density at radius 3 is 1.97 bits per heavy atom. The molecule has 0 heterocycles. The maximum absolute atomic E-state index is 13.3. The zero-order valence-corrected chi connectivity index (χ0v) is 20.1. The number of hydrogen-bond donors (Lipinski definition) is 2. The van der Waals surface area contributed by atoms with Gasteiger partial charge in [-0.2, -0.15) is 8.78 Å². The second kappa shape index (κ2) is 11.8. The summed E-state index contributed by atoms with van der Waals surface area (Å²) in [4.78, 5) is 13.2. The Kier molecular flexibility index (Phi) is 8.60. The molecule has 0 spiro atoms. The fourth-order valence-electron chi connectivity index (χ4n) is 5.71. The number of carbonyl (C=O) groups is 1. The Morgan fingerprint density at radius 1 is 0.914 bits per heavy atom. The molecule has 0 aromatic heterocycles. The van der Waals surface area contributed by atoms with Crippen molar-refractivity contribution in [3.8, 4) is 5.75 Å². The molecule has 0 unspecified atom stereocenters. The predicted octanol–water partition coefficient (Wildman–Crippen LogP) is 7.21. The molecule has 2 aromatic carbocycles. The van der Waals surface area contributed by atoms with E-state index in [1.54, 1.807) is 4.90 Å². The third-order valence-electron chi connectivity index (χ3n) is 7.46.